The third kappa shape index (κ3) is 9.10. The predicted octanol–water partition coefficient (Wildman–Crippen LogP) is 8.75. The second-order valence-corrected chi connectivity index (χ2v) is 10.9. The molecule has 2 aromatic rings. The maximum absolute atomic E-state index is 13.2. The van der Waals surface area contributed by atoms with Crippen molar-refractivity contribution in [1.82, 2.24) is 5.32 Å². The molecule has 0 bridgehead atoms. The van der Waals surface area contributed by atoms with E-state index in [2.05, 4.69) is 49.9 Å². The molecule has 0 fully saturated rings. The van der Waals surface area contributed by atoms with Gasteiger partial charge in [-0.05, 0) is 75.9 Å². The van der Waals surface area contributed by atoms with E-state index in [0.29, 0.717) is 45.4 Å². The molecule has 43 heavy (non-hydrogen) atoms. The summed E-state index contributed by atoms with van der Waals surface area (Å²) in [6, 6.07) is 14.2. The number of allylic oxidation sites excluding steroid dienone is 7. The third-order valence-corrected chi connectivity index (χ3v) is 7.89. The van der Waals surface area contributed by atoms with Crippen LogP contribution >= 0.6 is 11.6 Å². The Kier molecular flexibility index (Phi) is 12.2. The molecule has 0 heterocycles. The summed E-state index contributed by atoms with van der Waals surface area (Å²) in [6.45, 7) is 16.6. The van der Waals surface area contributed by atoms with Crippen molar-refractivity contribution >= 4 is 46.2 Å². The standard InChI is InChI=1S/C36H41ClN4O2/c1-8-23(3)26(6)39-34(24(4)9-2)22-38-36(43)28-18-20-29(21-19-28)41-35(42)25(5)30-14-11-13-17-33(30)40-27(7)31-15-10-12-16-32(31)37/h10-21,24H,7-9,22H2,1-6H3,(H,38,43)(H,41,42)/b26-23?,30-25+,39-34?,40-33?. The molecule has 0 saturated heterocycles. The summed E-state index contributed by atoms with van der Waals surface area (Å²) >= 11 is 6.32. The van der Waals surface area contributed by atoms with Crippen LogP contribution in [-0.4, -0.2) is 29.8 Å². The maximum Gasteiger partial charge on any atom is 0.251 e. The van der Waals surface area contributed by atoms with Crippen molar-refractivity contribution in [3.8, 4) is 0 Å². The van der Waals surface area contributed by atoms with E-state index in [1.165, 1.54) is 5.57 Å². The van der Waals surface area contributed by atoms with Gasteiger partial charge in [0.25, 0.3) is 11.8 Å². The summed E-state index contributed by atoms with van der Waals surface area (Å²) in [7, 11) is 0. The Balaban J connectivity index is 1.71. The highest BCUT2D eigenvalue weighted by Crippen LogP contribution is 2.25. The van der Waals surface area contributed by atoms with Crippen LogP contribution in [-0.2, 0) is 4.79 Å². The molecule has 2 amide bonds. The van der Waals surface area contributed by atoms with Gasteiger partial charge in [-0.25, -0.2) is 4.99 Å². The zero-order chi connectivity index (χ0) is 31.5. The Hall–Kier alpha value is -4.29. The zero-order valence-corrected chi connectivity index (χ0v) is 26.7. The molecule has 2 N–H and O–H groups in total. The molecule has 1 atom stereocenters. The minimum absolute atomic E-state index is 0.195. The van der Waals surface area contributed by atoms with Gasteiger partial charge < -0.3 is 10.6 Å². The molecule has 0 aromatic heterocycles. The van der Waals surface area contributed by atoms with E-state index in [1.807, 2.05) is 49.4 Å². The van der Waals surface area contributed by atoms with Gasteiger partial charge in [-0.2, -0.15) is 0 Å². The van der Waals surface area contributed by atoms with Crippen molar-refractivity contribution in [2.75, 3.05) is 11.9 Å². The average Bonchev–Trinajstić information content (AvgIpc) is 3.02. The van der Waals surface area contributed by atoms with Crippen LogP contribution in [0.15, 0.2) is 112 Å². The summed E-state index contributed by atoms with van der Waals surface area (Å²) < 4.78 is 0. The fourth-order valence-electron chi connectivity index (χ4n) is 4.24. The summed E-state index contributed by atoms with van der Waals surface area (Å²) in [5, 5.41) is 6.48. The minimum atomic E-state index is -0.275. The Morgan fingerprint density at radius 2 is 1.65 bits per heavy atom. The molecule has 0 saturated carbocycles. The van der Waals surface area contributed by atoms with Gasteiger partial charge in [0.1, 0.15) is 0 Å². The third-order valence-electron chi connectivity index (χ3n) is 7.56. The van der Waals surface area contributed by atoms with Crippen molar-refractivity contribution in [1.29, 1.82) is 0 Å². The van der Waals surface area contributed by atoms with E-state index in [1.54, 1.807) is 37.3 Å². The van der Waals surface area contributed by atoms with Crippen LogP contribution in [0, 0.1) is 5.92 Å². The fourth-order valence-corrected chi connectivity index (χ4v) is 4.49. The second kappa shape index (κ2) is 15.8. The number of nitrogens with one attached hydrogen (secondary N) is 2. The lowest BCUT2D eigenvalue weighted by Crippen LogP contribution is -2.32. The lowest BCUT2D eigenvalue weighted by atomic mass is 9.99. The molecule has 3 rings (SSSR count). The highest BCUT2D eigenvalue weighted by molar-refractivity contribution is 6.32. The minimum Gasteiger partial charge on any atom is -0.347 e. The average molecular weight is 597 g/mol. The molecule has 6 nitrogen and oxygen atoms in total. The van der Waals surface area contributed by atoms with Crippen LogP contribution in [0.4, 0.5) is 5.69 Å². The van der Waals surface area contributed by atoms with Gasteiger partial charge in [0.05, 0.1) is 18.0 Å². The van der Waals surface area contributed by atoms with Gasteiger partial charge in [-0.15, -0.1) is 0 Å². The van der Waals surface area contributed by atoms with Crippen LogP contribution < -0.4 is 10.6 Å². The topological polar surface area (TPSA) is 82.9 Å². The van der Waals surface area contributed by atoms with Crippen molar-refractivity contribution in [2.24, 2.45) is 15.9 Å². The molecule has 1 aliphatic carbocycles. The van der Waals surface area contributed by atoms with Gasteiger partial charge in [0.15, 0.2) is 0 Å². The number of amides is 2. The molecule has 0 radical (unpaired) electrons. The van der Waals surface area contributed by atoms with Crippen LogP contribution in [0.2, 0.25) is 5.02 Å². The molecule has 7 heteroatoms. The Morgan fingerprint density at radius 3 is 2.30 bits per heavy atom. The monoisotopic (exact) mass is 596 g/mol. The molecule has 224 valence electrons. The molecule has 0 spiro atoms. The summed E-state index contributed by atoms with van der Waals surface area (Å²) in [5.41, 5.74) is 7.29. The first-order chi connectivity index (χ1) is 20.5. The van der Waals surface area contributed by atoms with Crippen LogP contribution in [0.25, 0.3) is 5.70 Å². The molecular weight excluding hydrogens is 556 g/mol. The van der Waals surface area contributed by atoms with E-state index in [0.717, 1.165) is 29.8 Å². The molecule has 1 unspecified atom stereocenters. The zero-order valence-electron chi connectivity index (χ0n) is 25.9. The highest BCUT2D eigenvalue weighted by atomic mass is 35.5. The summed E-state index contributed by atoms with van der Waals surface area (Å²) in [5.74, 6) is -0.215. The van der Waals surface area contributed by atoms with Gasteiger partial charge in [0.2, 0.25) is 0 Å². The lowest BCUT2D eigenvalue weighted by Gasteiger charge is -2.15. The van der Waals surface area contributed by atoms with E-state index >= 15 is 0 Å². The quantitative estimate of drug-likeness (QED) is 0.201. The number of aliphatic imine (C=N–C) groups is 2. The number of rotatable bonds is 11. The van der Waals surface area contributed by atoms with Gasteiger partial charge in [-0.3, -0.25) is 14.6 Å². The van der Waals surface area contributed by atoms with E-state index in [4.69, 9.17) is 16.6 Å². The van der Waals surface area contributed by atoms with E-state index in [-0.39, 0.29) is 17.7 Å². The molecule has 2 aromatic carbocycles. The first-order valence-corrected chi connectivity index (χ1v) is 14.9. The highest BCUT2D eigenvalue weighted by Gasteiger charge is 2.17. The van der Waals surface area contributed by atoms with E-state index in [9.17, 15) is 9.59 Å². The number of benzene rings is 2. The van der Waals surface area contributed by atoms with Crippen LogP contribution in [0.3, 0.4) is 0 Å². The number of carbonyl (C=O) groups is 2. The number of hydrogen-bond donors (Lipinski definition) is 2. The SMILES string of the molecule is C=C(N=C1C=CC=C/C1=C(/C)C(=O)Nc1ccc(C(=O)NCC(=NC(C)=C(C)CC)C(C)CC)cc1)c1ccccc1Cl. The van der Waals surface area contributed by atoms with Crippen LogP contribution in [0.1, 0.15) is 70.3 Å². The molecule has 0 aliphatic heterocycles. The van der Waals surface area contributed by atoms with Gasteiger partial charge >= 0.3 is 0 Å². The van der Waals surface area contributed by atoms with Crippen molar-refractivity contribution in [3.63, 3.8) is 0 Å². The van der Waals surface area contributed by atoms with Gasteiger partial charge in [-0.1, -0.05) is 81.0 Å². The Labute approximate surface area is 260 Å². The number of anilines is 1. The summed E-state index contributed by atoms with van der Waals surface area (Å²) in [4.78, 5) is 35.6. The second-order valence-electron chi connectivity index (χ2n) is 10.5. The number of hydrogen-bond acceptors (Lipinski definition) is 4. The summed E-state index contributed by atoms with van der Waals surface area (Å²) in [6.07, 6.45) is 9.28. The predicted molar refractivity (Wildman–Crippen MR) is 182 cm³/mol. The van der Waals surface area contributed by atoms with Crippen LogP contribution in [0.5, 0.6) is 0 Å². The number of carbonyl (C=O) groups excluding carboxylic acids is 2. The van der Waals surface area contributed by atoms with E-state index < -0.39 is 0 Å². The smallest absolute Gasteiger partial charge is 0.251 e. The largest absolute Gasteiger partial charge is 0.347 e. The fraction of sp³-hybridized carbons (Fsp3) is 0.278. The molecular formula is C36H41ClN4O2. The van der Waals surface area contributed by atoms with Gasteiger partial charge in [0, 0.05) is 44.4 Å². The first-order valence-electron chi connectivity index (χ1n) is 14.6. The van der Waals surface area contributed by atoms with Crippen molar-refractivity contribution < 1.29 is 9.59 Å². The Bertz CT molecular complexity index is 1560. The number of halogens is 1. The molecule has 1 aliphatic rings. The van der Waals surface area contributed by atoms with Crippen molar-refractivity contribution in [3.05, 3.63) is 118 Å². The lowest BCUT2D eigenvalue weighted by molar-refractivity contribution is -0.112. The first kappa shape index (κ1) is 33.2. The van der Waals surface area contributed by atoms with Crippen molar-refractivity contribution in [2.45, 2.75) is 54.4 Å². The normalized spacial score (nSPS) is 16.4. The Morgan fingerprint density at radius 1 is 0.977 bits per heavy atom. The maximum atomic E-state index is 13.2. The number of nitrogens with zero attached hydrogens (tertiary/aromatic N) is 2.